The molecular formula is C19H22N4O4. The lowest BCUT2D eigenvalue weighted by Gasteiger charge is -2.31. The van der Waals surface area contributed by atoms with Gasteiger partial charge in [0.2, 0.25) is 5.95 Å². The smallest absolute Gasteiger partial charge is 0.310 e. The maximum atomic E-state index is 12.8. The molecule has 0 aromatic carbocycles. The van der Waals surface area contributed by atoms with Crippen molar-refractivity contribution in [2.24, 2.45) is 5.92 Å². The molecule has 1 saturated heterocycles. The van der Waals surface area contributed by atoms with Crippen molar-refractivity contribution in [3.8, 4) is 0 Å². The first kappa shape index (κ1) is 17.6. The van der Waals surface area contributed by atoms with Crippen molar-refractivity contribution in [3.63, 3.8) is 0 Å². The van der Waals surface area contributed by atoms with Crippen LogP contribution in [0.4, 0.5) is 5.95 Å². The Kier molecular flexibility index (Phi) is 4.63. The van der Waals surface area contributed by atoms with Gasteiger partial charge in [-0.1, -0.05) is 0 Å². The third-order valence-electron chi connectivity index (χ3n) is 5.30. The van der Waals surface area contributed by atoms with Crippen LogP contribution in [-0.4, -0.2) is 46.4 Å². The fraction of sp³-hybridized carbons (Fsp3) is 0.526. The summed E-state index contributed by atoms with van der Waals surface area (Å²) in [6, 6.07) is 0. The minimum absolute atomic E-state index is 0.0300. The van der Waals surface area contributed by atoms with Gasteiger partial charge in [-0.05, 0) is 38.2 Å². The van der Waals surface area contributed by atoms with Gasteiger partial charge in [0.15, 0.2) is 11.4 Å². The predicted molar refractivity (Wildman–Crippen MR) is 99.0 cm³/mol. The standard InChI is InChI=1S/C19H22N4O4/c1-2-27-18(26)11-5-4-8-23(10-11)19-21-16-15(17(25)22-19)12-6-3-7-14(24)13(12)9-20-16/h9,11H,2-8,10H2,1H3,(H,20,21,22,25)/t11-/m1/s1. The van der Waals surface area contributed by atoms with E-state index in [0.29, 0.717) is 55.1 Å². The Bertz CT molecular complexity index is 968. The lowest BCUT2D eigenvalue weighted by atomic mass is 9.90. The maximum Gasteiger partial charge on any atom is 0.310 e. The number of esters is 1. The fourth-order valence-corrected chi connectivity index (χ4v) is 3.99. The lowest BCUT2D eigenvalue weighted by Crippen LogP contribution is -2.41. The molecule has 2 aromatic heterocycles. The number of piperidine rings is 1. The second-order valence-corrected chi connectivity index (χ2v) is 7.05. The van der Waals surface area contributed by atoms with E-state index in [1.54, 1.807) is 6.92 Å². The summed E-state index contributed by atoms with van der Waals surface area (Å²) in [6.07, 6.45) is 5.02. The third-order valence-corrected chi connectivity index (χ3v) is 5.30. The Morgan fingerprint density at radius 2 is 2.19 bits per heavy atom. The maximum absolute atomic E-state index is 12.8. The second-order valence-electron chi connectivity index (χ2n) is 7.05. The molecule has 1 atom stereocenters. The number of pyridine rings is 1. The molecule has 8 heteroatoms. The van der Waals surface area contributed by atoms with Gasteiger partial charge in [0.25, 0.3) is 5.56 Å². The van der Waals surface area contributed by atoms with Crippen molar-refractivity contribution < 1.29 is 14.3 Å². The average Bonchev–Trinajstić information content (AvgIpc) is 2.68. The average molecular weight is 370 g/mol. The molecule has 0 radical (unpaired) electrons. The van der Waals surface area contributed by atoms with Crippen LogP contribution in [-0.2, 0) is 16.0 Å². The van der Waals surface area contributed by atoms with Gasteiger partial charge in [-0.25, -0.2) is 4.98 Å². The highest BCUT2D eigenvalue weighted by Crippen LogP contribution is 2.26. The molecule has 4 rings (SSSR count). The van der Waals surface area contributed by atoms with E-state index in [0.717, 1.165) is 24.8 Å². The highest BCUT2D eigenvalue weighted by atomic mass is 16.5. The van der Waals surface area contributed by atoms with Gasteiger partial charge >= 0.3 is 5.97 Å². The summed E-state index contributed by atoms with van der Waals surface area (Å²) in [6.45, 7) is 3.30. The van der Waals surface area contributed by atoms with Gasteiger partial charge in [0, 0.05) is 31.3 Å². The highest BCUT2D eigenvalue weighted by Gasteiger charge is 2.29. The number of Topliss-reactive ketones (excluding diaryl/α,β-unsaturated/α-hetero) is 1. The van der Waals surface area contributed by atoms with E-state index < -0.39 is 0 Å². The van der Waals surface area contributed by atoms with E-state index in [4.69, 9.17) is 4.74 Å². The number of hydrogen-bond acceptors (Lipinski definition) is 7. The zero-order chi connectivity index (χ0) is 19.0. The van der Waals surface area contributed by atoms with Crippen LogP contribution < -0.4 is 10.5 Å². The molecule has 1 aliphatic carbocycles. The van der Waals surface area contributed by atoms with Crippen molar-refractivity contribution in [2.45, 2.75) is 39.0 Å². The number of ether oxygens (including phenoxy) is 1. The normalized spacial score (nSPS) is 19.8. The van der Waals surface area contributed by atoms with Crippen molar-refractivity contribution >= 4 is 28.7 Å². The van der Waals surface area contributed by atoms with Crippen LogP contribution in [0, 0.1) is 5.92 Å². The predicted octanol–water partition coefficient (Wildman–Crippen LogP) is 1.62. The molecule has 1 aliphatic heterocycles. The largest absolute Gasteiger partial charge is 0.466 e. The molecule has 142 valence electrons. The number of aromatic nitrogens is 3. The Hall–Kier alpha value is -2.77. The number of nitrogens with one attached hydrogen (secondary N) is 1. The summed E-state index contributed by atoms with van der Waals surface area (Å²) in [5, 5.41) is 0.406. The summed E-state index contributed by atoms with van der Waals surface area (Å²) in [5.74, 6) is 0.00313. The summed E-state index contributed by atoms with van der Waals surface area (Å²) in [4.78, 5) is 50.5. The number of nitrogens with zero attached hydrogens (tertiary/aromatic N) is 3. The highest BCUT2D eigenvalue weighted by molar-refractivity contribution is 6.02. The molecule has 2 aliphatic rings. The zero-order valence-corrected chi connectivity index (χ0v) is 15.3. The van der Waals surface area contributed by atoms with Crippen LogP contribution in [0.3, 0.4) is 0 Å². The van der Waals surface area contributed by atoms with E-state index in [2.05, 4.69) is 15.0 Å². The Labute approximate surface area is 155 Å². The van der Waals surface area contributed by atoms with Gasteiger partial charge in [-0.3, -0.25) is 19.4 Å². The first-order valence-electron chi connectivity index (χ1n) is 9.45. The van der Waals surface area contributed by atoms with Gasteiger partial charge in [0.05, 0.1) is 17.9 Å². The van der Waals surface area contributed by atoms with Gasteiger partial charge in [-0.2, -0.15) is 4.98 Å². The SMILES string of the molecule is CCOC(=O)[C@@H]1CCCN(c2nc3ncc4c(c3c(=O)[nH]2)CCCC4=O)C1. The van der Waals surface area contributed by atoms with Crippen LogP contribution in [0.15, 0.2) is 11.0 Å². The first-order chi connectivity index (χ1) is 13.1. The number of hydrogen-bond donors (Lipinski definition) is 1. The number of rotatable bonds is 3. The van der Waals surface area contributed by atoms with E-state index in [1.807, 2.05) is 4.90 Å². The number of aromatic amines is 1. The first-order valence-corrected chi connectivity index (χ1v) is 9.45. The topological polar surface area (TPSA) is 105 Å². The summed E-state index contributed by atoms with van der Waals surface area (Å²) >= 11 is 0. The van der Waals surface area contributed by atoms with E-state index in [9.17, 15) is 14.4 Å². The van der Waals surface area contributed by atoms with E-state index in [-0.39, 0.29) is 23.2 Å². The van der Waals surface area contributed by atoms with E-state index >= 15 is 0 Å². The second kappa shape index (κ2) is 7.09. The van der Waals surface area contributed by atoms with Gasteiger partial charge < -0.3 is 9.64 Å². The zero-order valence-electron chi connectivity index (χ0n) is 15.3. The monoisotopic (exact) mass is 370 g/mol. The molecule has 0 spiro atoms. The van der Waals surface area contributed by atoms with Crippen LogP contribution in [0.5, 0.6) is 0 Å². The molecule has 0 saturated carbocycles. The molecule has 3 heterocycles. The number of fused-ring (bicyclic) bond motifs is 3. The van der Waals surface area contributed by atoms with Gasteiger partial charge in [0.1, 0.15) is 0 Å². The molecule has 27 heavy (non-hydrogen) atoms. The third kappa shape index (κ3) is 3.20. The minimum Gasteiger partial charge on any atom is -0.466 e. The molecule has 2 aromatic rings. The molecular weight excluding hydrogens is 348 g/mol. The van der Waals surface area contributed by atoms with Crippen LogP contribution in [0.25, 0.3) is 11.0 Å². The number of carbonyl (C=O) groups excluding carboxylic acids is 2. The quantitative estimate of drug-likeness (QED) is 0.818. The van der Waals surface area contributed by atoms with Crippen LogP contribution in [0.1, 0.15) is 48.5 Å². The number of anilines is 1. The Morgan fingerprint density at radius 3 is 3.00 bits per heavy atom. The number of aryl methyl sites for hydroxylation is 1. The number of H-pyrrole nitrogens is 1. The van der Waals surface area contributed by atoms with Crippen molar-refractivity contribution in [2.75, 3.05) is 24.6 Å². The van der Waals surface area contributed by atoms with Crippen molar-refractivity contribution in [3.05, 3.63) is 27.7 Å². The molecule has 0 unspecified atom stereocenters. The summed E-state index contributed by atoms with van der Waals surface area (Å²) in [5.41, 5.74) is 1.35. The Morgan fingerprint density at radius 1 is 1.33 bits per heavy atom. The van der Waals surface area contributed by atoms with Crippen molar-refractivity contribution in [1.29, 1.82) is 0 Å². The van der Waals surface area contributed by atoms with Crippen molar-refractivity contribution in [1.82, 2.24) is 15.0 Å². The summed E-state index contributed by atoms with van der Waals surface area (Å²) < 4.78 is 5.13. The minimum atomic E-state index is -0.285. The Balaban J connectivity index is 1.70. The molecule has 1 N–H and O–H groups in total. The van der Waals surface area contributed by atoms with Gasteiger partial charge in [-0.15, -0.1) is 0 Å². The fourth-order valence-electron chi connectivity index (χ4n) is 3.99. The van der Waals surface area contributed by atoms with Crippen LogP contribution >= 0.6 is 0 Å². The van der Waals surface area contributed by atoms with Crippen LogP contribution in [0.2, 0.25) is 0 Å². The number of carbonyl (C=O) groups is 2. The van der Waals surface area contributed by atoms with E-state index in [1.165, 1.54) is 6.20 Å². The lowest BCUT2D eigenvalue weighted by molar-refractivity contribution is -0.148. The summed E-state index contributed by atoms with van der Waals surface area (Å²) in [7, 11) is 0. The molecule has 1 fully saturated rings. The molecule has 8 nitrogen and oxygen atoms in total. The number of ketones is 1. The molecule has 0 amide bonds. The molecule has 0 bridgehead atoms.